The van der Waals surface area contributed by atoms with Crippen molar-refractivity contribution < 1.29 is 32.6 Å². The Morgan fingerprint density at radius 2 is 1.87 bits per heavy atom. The van der Waals surface area contributed by atoms with Crippen molar-refractivity contribution in [1.29, 1.82) is 0 Å². The van der Waals surface area contributed by atoms with E-state index in [1.54, 1.807) is 12.1 Å². The van der Waals surface area contributed by atoms with Crippen LogP contribution in [0.25, 0.3) is 0 Å². The summed E-state index contributed by atoms with van der Waals surface area (Å²) >= 11 is 5.92. The molecular formula is C20H17F3N2O4S2. The number of hydrogen-bond donors (Lipinski definition) is 3. The van der Waals surface area contributed by atoms with Gasteiger partial charge in [0.1, 0.15) is 21.9 Å². The van der Waals surface area contributed by atoms with E-state index in [1.807, 2.05) is 0 Å². The second-order valence-corrected chi connectivity index (χ2v) is 8.68. The molecule has 11 heteroatoms. The third kappa shape index (κ3) is 5.96. The van der Waals surface area contributed by atoms with Crippen molar-refractivity contribution in [3.05, 3.63) is 59.2 Å². The second-order valence-electron chi connectivity index (χ2n) is 6.80. The number of carboxylic acids is 1. The first-order chi connectivity index (χ1) is 14.5. The molecule has 1 unspecified atom stereocenters. The molecule has 4 N–H and O–H groups in total. The average Bonchev–Trinajstić information content (AvgIpc) is 3.00. The van der Waals surface area contributed by atoms with E-state index in [0.29, 0.717) is 5.56 Å². The maximum atomic E-state index is 13.6. The van der Waals surface area contributed by atoms with Crippen molar-refractivity contribution in [2.75, 3.05) is 0 Å². The van der Waals surface area contributed by atoms with Crippen molar-refractivity contribution in [2.24, 2.45) is 5.73 Å². The van der Waals surface area contributed by atoms with E-state index in [1.165, 1.54) is 24.3 Å². The molecule has 2 atom stereocenters. The number of amides is 1. The molecular weight excluding hydrogens is 453 g/mol. The van der Waals surface area contributed by atoms with E-state index in [9.17, 15) is 22.8 Å². The lowest BCUT2D eigenvalue weighted by molar-refractivity contribution is -0.139. The summed E-state index contributed by atoms with van der Waals surface area (Å²) < 4.78 is 46.6. The van der Waals surface area contributed by atoms with Gasteiger partial charge in [-0.3, -0.25) is 9.59 Å². The van der Waals surface area contributed by atoms with Crippen molar-refractivity contribution >= 4 is 40.2 Å². The first kappa shape index (κ1) is 23.0. The predicted octanol–water partition coefficient (Wildman–Crippen LogP) is 3.51. The number of ether oxygens (including phenoxy) is 1. The summed E-state index contributed by atoms with van der Waals surface area (Å²) in [5, 5.41) is 10.6. The van der Waals surface area contributed by atoms with E-state index in [0.717, 1.165) is 17.8 Å². The van der Waals surface area contributed by atoms with E-state index >= 15 is 0 Å². The largest absolute Gasteiger partial charge is 0.480 e. The molecule has 1 aliphatic rings. The van der Waals surface area contributed by atoms with Crippen LogP contribution < -0.4 is 15.8 Å². The molecule has 0 aromatic heterocycles. The number of halogens is 3. The van der Waals surface area contributed by atoms with Crippen molar-refractivity contribution in [3.63, 3.8) is 0 Å². The molecule has 1 heterocycles. The summed E-state index contributed by atoms with van der Waals surface area (Å²) in [4.78, 5) is 22.6. The highest BCUT2D eigenvalue weighted by molar-refractivity contribution is 8.24. The first-order valence-electron chi connectivity index (χ1n) is 8.99. The van der Waals surface area contributed by atoms with Crippen LogP contribution in [-0.2, 0) is 28.6 Å². The zero-order valence-corrected chi connectivity index (χ0v) is 17.4. The first-order valence-corrected chi connectivity index (χ1v) is 10.3. The van der Waals surface area contributed by atoms with Gasteiger partial charge in [0, 0.05) is 0 Å². The Labute approximate surface area is 185 Å². The fourth-order valence-electron chi connectivity index (χ4n) is 2.96. The van der Waals surface area contributed by atoms with Gasteiger partial charge in [-0.05, 0) is 48.2 Å². The molecule has 0 saturated carbocycles. The van der Waals surface area contributed by atoms with Crippen LogP contribution in [0, 0.1) is 0 Å². The van der Waals surface area contributed by atoms with Gasteiger partial charge in [-0.2, -0.15) is 13.2 Å². The number of nitrogens with one attached hydrogen (secondary N) is 1. The SMILES string of the molecule is N[C@@H](Cc1ccc(Oc2ccc(CC3SC(=S)NC3=O)c(C(F)(F)F)c2)cc1)C(=O)O. The quantitative estimate of drug-likeness (QED) is 0.533. The van der Waals surface area contributed by atoms with E-state index in [-0.39, 0.29) is 34.2 Å². The highest BCUT2D eigenvalue weighted by atomic mass is 32.2. The monoisotopic (exact) mass is 470 g/mol. The molecule has 1 saturated heterocycles. The standard InChI is InChI=1S/C20H17F3N2O4S2/c21-20(22,23)14-9-13(6-3-11(14)8-16-17(26)25-19(30)31-16)29-12-4-1-10(2-5-12)7-15(24)18(27)28/h1-6,9,15-16H,7-8,24H2,(H,27,28)(H,25,26,30)/t15-,16?/m0/s1. The Hall–Kier alpha value is -2.63. The number of nitrogens with two attached hydrogens (primary N) is 1. The molecule has 0 aliphatic carbocycles. The van der Waals surface area contributed by atoms with Crippen LogP contribution in [0.15, 0.2) is 42.5 Å². The minimum absolute atomic E-state index is 0.0230. The lowest BCUT2D eigenvalue weighted by atomic mass is 10.0. The topological polar surface area (TPSA) is 102 Å². The molecule has 2 aromatic carbocycles. The Kier molecular flexibility index (Phi) is 6.87. The molecule has 3 rings (SSSR count). The fraction of sp³-hybridized carbons (Fsp3) is 0.250. The zero-order valence-electron chi connectivity index (χ0n) is 15.8. The Balaban J connectivity index is 1.77. The van der Waals surface area contributed by atoms with Crippen molar-refractivity contribution in [1.82, 2.24) is 5.32 Å². The predicted molar refractivity (Wildman–Crippen MR) is 113 cm³/mol. The number of thioether (sulfide) groups is 1. The lowest BCUT2D eigenvalue weighted by Gasteiger charge is -2.16. The number of rotatable bonds is 7. The molecule has 1 amide bonds. The van der Waals surface area contributed by atoms with Crippen LogP contribution in [0.1, 0.15) is 16.7 Å². The average molecular weight is 470 g/mol. The minimum atomic E-state index is -4.63. The van der Waals surface area contributed by atoms with Crippen LogP contribution in [0.3, 0.4) is 0 Å². The third-order valence-corrected chi connectivity index (χ3v) is 5.86. The number of carbonyl (C=O) groups excluding carboxylic acids is 1. The summed E-state index contributed by atoms with van der Waals surface area (Å²) in [5.74, 6) is -1.28. The second kappa shape index (κ2) is 9.25. The summed E-state index contributed by atoms with van der Waals surface area (Å²) in [5.41, 5.74) is 5.22. The van der Waals surface area contributed by atoms with Gasteiger partial charge in [0.05, 0.1) is 10.8 Å². The van der Waals surface area contributed by atoms with Gasteiger partial charge in [-0.15, -0.1) is 0 Å². The number of carbonyl (C=O) groups is 2. The molecule has 31 heavy (non-hydrogen) atoms. The summed E-state index contributed by atoms with van der Waals surface area (Å²) in [6.45, 7) is 0. The lowest BCUT2D eigenvalue weighted by Crippen LogP contribution is -2.32. The maximum absolute atomic E-state index is 13.6. The number of carboxylic acid groups (broad SMARTS) is 1. The van der Waals surface area contributed by atoms with Gasteiger partial charge in [0.15, 0.2) is 0 Å². The number of aliphatic carboxylic acids is 1. The summed E-state index contributed by atoms with van der Waals surface area (Å²) in [6.07, 6.45) is -4.64. The number of hydrogen-bond acceptors (Lipinski definition) is 6. The van der Waals surface area contributed by atoms with Gasteiger partial charge < -0.3 is 20.9 Å². The van der Waals surface area contributed by atoms with Crippen LogP contribution in [0.2, 0.25) is 0 Å². The van der Waals surface area contributed by atoms with Crippen LogP contribution >= 0.6 is 24.0 Å². The molecule has 1 fully saturated rings. The maximum Gasteiger partial charge on any atom is 0.416 e. The number of alkyl halides is 3. The van der Waals surface area contributed by atoms with Gasteiger partial charge in [-0.1, -0.05) is 42.2 Å². The van der Waals surface area contributed by atoms with Crippen molar-refractivity contribution in [2.45, 2.75) is 30.3 Å². The molecule has 0 bridgehead atoms. The van der Waals surface area contributed by atoms with Gasteiger partial charge >= 0.3 is 12.1 Å². The summed E-state index contributed by atoms with van der Waals surface area (Å²) in [7, 11) is 0. The van der Waals surface area contributed by atoms with Gasteiger partial charge in [0.25, 0.3) is 0 Å². The molecule has 2 aromatic rings. The Morgan fingerprint density at radius 3 is 2.42 bits per heavy atom. The molecule has 6 nitrogen and oxygen atoms in total. The smallest absolute Gasteiger partial charge is 0.416 e. The highest BCUT2D eigenvalue weighted by Gasteiger charge is 2.37. The van der Waals surface area contributed by atoms with Gasteiger partial charge in [-0.25, -0.2) is 0 Å². The van der Waals surface area contributed by atoms with E-state index in [4.69, 9.17) is 27.8 Å². The number of thiocarbonyl (C=S) groups is 1. The van der Waals surface area contributed by atoms with E-state index in [2.05, 4.69) is 5.32 Å². The highest BCUT2D eigenvalue weighted by Crippen LogP contribution is 2.37. The number of benzene rings is 2. The Bertz CT molecular complexity index is 1010. The van der Waals surface area contributed by atoms with Crippen LogP contribution in [0.5, 0.6) is 11.5 Å². The van der Waals surface area contributed by atoms with Crippen LogP contribution in [0.4, 0.5) is 13.2 Å². The third-order valence-electron chi connectivity index (χ3n) is 4.49. The minimum Gasteiger partial charge on any atom is -0.480 e. The van der Waals surface area contributed by atoms with Crippen molar-refractivity contribution in [3.8, 4) is 11.5 Å². The summed E-state index contributed by atoms with van der Waals surface area (Å²) in [6, 6.07) is 8.74. The molecule has 0 spiro atoms. The Morgan fingerprint density at radius 1 is 1.23 bits per heavy atom. The van der Waals surface area contributed by atoms with E-state index < -0.39 is 34.9 Å². The fourth-order valence-corrected chi connectivity index (χ4v) is 4.26. The van der Waals surface area contributed by atoms with Crippen LogP contribution in [-0.4, -0.2) is 32.6 Å². The molecule has 164 valence electrons. The van der Waals surface area contributed by atoms with Gasteiger partial charge in [0.2, 0.25) is 5.91 Å². The zero-order chi connectivity index (χ0) is 22.8. The normalized spacial score (nSPS) is 17.4. The molecule has 0 radical (unpaired) electrons. The molecule has 1 aliphatic heterocycles.